The molecule has 1 unspecified atom stereocenters. The second-order valence-corrected chi connectivity index (χ2v) is 10.1. The first-order chi connectivity index (χ1) is 19.3. The molecule has 0 radical (unpaired) electrons. The van der Waals surface area contributed by atoms with E-state index >= 15 is 0 Å². The molecule has 1 amide bonds. The van der Waals surface area contributed by atoms with E-state index in [0.717, 1.165) is 22.3 Å². The number of anilines is 1. The van der Waals surface area contributed by atoms with Gasteiger partial charge in [0.1, 0.15) is 22.9 Å². The predicted molar refractivity (Wildman–Crippen MR) is 153 cm³/mol. The fourth-order valence-electron chi connectivity index (χ4n) is 4.78. The average Bonchev–Trinajstić information content (AvgIpc) is 3.28. The van der Waals surface area contributed by atoms with Gasteiger partial charge < -0.3 is 19.3 Å². The van der Waals surface area contributed by atoms with E-state index in [9.17, 15) is 9.59 Å². The zero-order valence-electron chi connectivity index (χ0n) is 22.5. The molecule has 2 N–H and O–H groups in total. The average molecular weight is 560 g/mol. The van der Waals surface area contributed by atoms with E-state index in [4.69, 9.17) is 25.6 Å². The van der Waals surface area contributed by atoms with Gasteiger partial charge in [0.2, 0.25) is 0 Å². The molecule has 1 saturated heterocycles. The number of aryl methyl sites for hydroxylation is 1. The Morgan fingerprint density at radius 1 is 1.02 bits per heavy atom. The highest BCUT2D eigenvalue weighted by molar-refractivity contribution is 6.31. The van der Waals surface area contributed by atoms with Crippen LogP contribution in [0, 0.1) is 6.92 Å². The van der Waals surface area contributed by atoms with Gasteiger partial charge in [-0.15, -0.1) is 0 Å². The topological polar surface area (TPSA) is 103 Å². The minimum atomic E-state index is -0.640. The van der Waals surface area contributed by atoms with Crippen molar-refractivity contribution in [3.8, 4) is 22.5 Å². The molecule has 3 aromatic carbocycles. The van der Waals surface area contributed by atoms with Crippen LogP contribution >= 0.6 is 11.6 Å². The maximum absolute atomic E-state index is 12.7. The van der Waals surface area contributed by atoms with Crippen LogP contribution in [0.15, 0.2) is 77.3 Å². The van der Waals surface area contributed by atoms with Crippen LogP contribution in [0.25, 0.3) is 22.5 Å². The van der Waals surface area contributed by atoms with Crippen LogP contribution in [-0.4, -0.2) is 36.9 Å². The molecule has 1 atom stereocenters. The van der Waals surface area contributed by atoms with Crippen molar-refractivity contribution in [2.75, 3.05) is 25.0 Å². The summed E-state index contributed by atoms with van der Waals surface area (Å²) < 4.78 is 16.4. The fourth-order valence-corrected chi connectivity index (χ4v) is 5.07. The van der Waals surface area contributed by atoms with Gasteiger partial charge in [-0.1, -0.05) is 83.5 Å². The molecule has 1 aliphatic heterocycles. The highest BCUT2D eigenvalue weighted by Crippen LogP contribution is 2.35. The highest BCUT2D eigenvalue weighted by Gasteiger charge is 2.47. The van der Waals surface area contributed by atoms with Crippen LogP contribution < -0.4 is 10.6 Å². The third kappa shape index (κ3) is 5.33. The Labute approximate surface area is 237 Å². The number of nitrogens with one attached hydrogen (secondary N) is 2. The molecular weight excluding hydrogens is 530 g/mol. The third-order valence-corrected chi connectivity index (χ3v) is 7.50. The van der Waals surface area contributed by atoms with Crippen LogP contribution in [0.4, 0.5) is 10.5 Å². The Balaban J connectivity index is 1.30. The number of halogens is 1. The van der Waals surface area contributed by atoms with Gasteiger partial charge in [0, 0.05) is 29.2 Å². The first-order valence-corrected chi connectivity index (χ1v) is 13.5. The predicted octanol–water partition coefficient (Wildman–Crippen LogP) is 6.68. The number of esters is 1. The minimum absolute atomic E-state index is 0.195. The Kier molecular flexibility index (Phi) is 7.91. The van der Waals surface area contributed by atoms with E-state index in [2.05, 4.69) is 15.8 Å². The van der Waals surface area contributed by atoms with E-state index in [-0.39, 0.29) is 5.97 Å². The van der Waals surface area contributed by atoms with E-state index < -0.39 is 17.6 Å². The third-order valence-electron chi connectivity index (χ3n) is 7.15. The second-order valence-electron chi connectivity index (χ2n) is 9.73. The monoisotopic (exact) mass is 559 g/mol. The van der Waals surface area contributed by atoms with Crippen molar-refractivity contribution in [1.82, 2.24) is 10.5 Å². The quantitative estimate of drug-likeness (QED) is 0.232. The van der Waals surface area contributed by atoms with Crippen LogP contribution in [0.2, 0.25) is 5.02 Å². The number of carbonyl (C=O) groups excluding carboxylic acids is 2. The number of benzene rings is 3. The summed E-state index contributed by atoms with van der Waals surface area (Å²) >= 11 is 6.24. The van der Waals surface area contributed by atoms with E-state index in [1.54, 1.807) is 19.9 Å². The van der Waals surface area contributed by atoms with Crippen molar-refractivity contribution in [1.29, 1.82) is 0 Å². The number of amides is 1. The Morgan fingerprint density at radius 3 is 2.25 bits per heavy atom. The standard InChI is InChI=1S/C31H30ClN3O5/c1-4-38-29(36)31(17-33-18-31)24-15-13-22(14-16-24)21-9-11-23(12-10-21)28-27(19(2)35-40-28)34-30(37)39-20(3)25-7-5-6-8-26(25)32/h5-16,20,33H,4,17-18H2,1-3H3,(H,34,37). The zero-order chi connectivity index (χ0) is 28.3. The Bertz CT molecular complexity index is 1510. The molecule has 9 heteroatoms. The van der Waals surface area contributed by atoms with Crippen molar-refractivity contribution < 1.29 is 23.6 Å². The lowest BCUT2D eigenvalue weighted by molar-refractivity contribution is -0.152. The van der Waals surface area contributed by atoms with Crippen molar-refractivity contribution in [2.45, 2.75) is 32.3 Å². The smallest absolute Gasteiger partial charge is 0.412 e. The summed E-state index contributed by atoms with van der Waals surface area (Å²) in [6.07, 6.45) is -1.19. The van der Waals surface area contributed by atoms with Gasteiger partial charge in [0.15, 0.2) is 5.76 Å². The summed E-state index contributed by atoms with van der Waals surface area (Å²) in [6.45, 7) is 6.82. The minimum Gasteiger partial charge on any atom is -0.465 e. The number of ether oxygens (including phenoxy) is 2. The van der Waals surface area contributed by atoms with Crippen molar-refractivity contribution in [3.05, 3.63) is 94.6 Å². The number of hydrogen-bond donors (Lipinski definition) is 2. The maximum atomic E-state index is 12.7. The lowest BCUT2D eigenvalue weighted by Gasteiger charge is -2.40. The molecule has 1 fully saturated rings. The highest BCUT2D eigenvalue weighted by atomic mass is 35.5. The van der Waals surface area contributed by atoms with Crippen LogP contribution in [0.3, 0.4) is 0 Å². The van der Waals surface area contributed by atoms with Crippen LogP contribution in [0.1, 0.15) is 36.8 Å². The summed E-state index contributed by atoms with van der Waals surface area (Å²) in [5.41, 5.74) is 4.73. The molecule has 206 valence electrons. The summed E-state index contributed by atoms with van der Waals surface area (Å²) in [4.78, 5) is 25.3. The largest absolute Gasteiger partial charge is 0.465 e. The van der Waals surface area contributed by atoms with Crippen LogP contribution in [0.5, 0.6) is 0 Å². The normalized spacial score (nSPS) is 14.6. The molecule has 0 saturated carbocycles. The summed E-state index contributed by atoms with van der Waals surface area (Å²) in [6, 6.07) is 22.9. The number of aromatic nitrogens is 1. The first-order valence-electron chi connectivity index (χ1n) is 13.1. The van der Waals surface area contributed by atoms with Crippen molar-refractivity contribution in [2.24, 2.45) is 0 Å². The summed E-state index contributed by atoms with van der Waals surface area (Å²) in [5.74, 6) is 0.232. The lowest BCUT2D eigenvalue weighted by atomic mass is 9.75. The SMILES string of the molecule is CCOC(=O)C1(c2ccc(-c3ccc(-c4onc(C)c4NC(=O)OC(C)c4ccccc4Cl)cc3)cc2)CNC1. The second kappa shape index (κ2) is 11.5. The van der Waals surface area contributed by atoms with Gasteiger partial charge in [0.05, 0.1) is 6.61 Å². The summed E-state index contributed by atoms with van der Waals surface area (Å²) in [7, 11) is 0. The van der Waals surface area contributed by atoms with Gasteiger partial charge >= 0.3 is 12.1 Å². The first kappa shape index (κ1) is 27.4. The molecule has 0 bridgehead atoms. The molecule has 1 aromatic heterocycles. The molecule has 0 aliphatic carbocycles. The molecule has 2 heterocycles. The number of rotatable bonds is 8. The van der Waals surface area contributed by atoms with Crippen molar-refractivity contribution in [3.63, 3.8) is 0 Å². The van der Waals surface area contributed by atoms with Gasteiger partial charge in [-0.2, -0.15) is 0 Å². The molecule has 5 rings (SSSR count). The van der Waals surface area contributed by atoms with E-state index in [0.29, 0.717) is 47.4 Å². The van der Waals surface area contributed by atoms with Gasteiger partial charge in [0.25, 0.3) is 0 Å². The number of hydrogen-bond acceptors (Lipinski definition) is 7. The zero-order valence-corrected chi connectivity index (χ0v) is 23.2. The molecule has 4 aromatic rings. The van der Waals surface area contributed by atoms with Gasteiger partial charge in [-0.05, 0) is 43.5 Å². The molecular formula is C31H30ClN3O5. The molecule has 8 nitrogen and oxygen atoms in total. The number of nitrogens with zero attached hydrogens (tertiary/aromatic N) is 1. The van der Waals surface area contributed by atoms with E-state index in [1.165, 1.54) is 0 Å². The van der Waals surface area contributed by atoms with E-state index in [1.807, 2.05) is 73.7 Å². The fraction of sp³-hybridized carbons (Fsp3) is 0.258. The summed E-state index contributed by atoms with van der Waals surface area (Å²) in [5, 5.41) is 10.5. The molecule has 0 spiro atoms. The molecule has 1 aliphatic rings. The molecule has 40 heavy (non-hydrogen) atoms. The van der Waals surface area contributed by atoms with Crippen LogP contribution in [-0.2, 0) is 19.7 Å². The van der Waals surface area contributed by atoms with Gasteiger partial charge in [-0.3, -0.25) is 10.1 Å². The number of carbonyl (C=O) groups is 2. The Morgan fingerprint density at radius 2 is 1.65 bits per heavy atom. The maximum Gasteiger partial charge on any atom is 0.412 e. The lowest BCUT2D eigenvalue weighted by Crippen LogP contribution is -2.62. The van der Waals surface area contributed by atoms with Crippen molar-refractivity contribution >= 4 is 29.4 Å². The van der Waals surface area contributed by atoms with Gasteiger partial charge in [-0.25, -0.2) is 4.79 Å². The Hall–Kier alpha value is -4.14.